The molecule has 1 atom stereocenters. The number of ether oxygens (including phenoxy) is 2. The van der Waals surface area contributed by atoms with E-state index in [-0.39, 0.29) is 23.0 Å². The van der Waals surface area contributed by atoms with Crippen molar-refractivity contribution in [1.82, 2.24) is 10.2 Å². The van der Waals surface area contributed by atoms with Gasteiger partial charge in [0.05, 0.1) is 24.3 Å². The molecule has 0 fully saturated rings. The molecule has 220 valence electrons. The molecule has 0 aromatic heterocycles. The Bertz CT molecular complexity index is 1400. The number of nitrogens with one attached hydrogen (secondary N) is 1. The van der Waals surface area contributed by atoms with E-state index < -0.39 is 28.5 Å². The van der Waals surface area contributed by atoms with Crippen molar-refractivity contribution in [3.63, 3.8) is 0 Å². The number of hydrogen-bond acceptors (Lipinski definition) is 6. The van der Waals surface area contributed by atoms with Crippen LogP contribution < -0.4 is 19.1 Å². The van der Waals surface area contributed by atoms with Crippen molar-refractivity contribution in [2.75, 3.05) is 31.1 Å². The van der Waals surface area contributed by atoms with Crippen LogP contribution >= 0.6 is 11.6 Å². The zero-order valence-corrected chi connectivity index (χ0v) is 25.2. The first kappa shape index (κ1) is 31.8. The van der Waals surface area contributed by atoms with Gasteiger partial charge in [-0.25, -0.2) is 8.42 Å². The molecular weight excluding hydrogens is 566 g/mol. The second-order valence-corrected chi connectivity index (χ2v) is 11.4. The van der Waals surface area contributed by atoms with Crippen molar-refractivity contribution in [3.05, 3.63) is 83.4 Å². The lowest BCUT2D eigenvalue weighted by Crippen LogP contribution is -2.52. The molecule has 0 bridgehead atoms. The van der Waals surface area contributed by atoms with Crippen molar-refractivity contribution in [2.24, 2.45) is 0 Å². The minimum Gasteiger partial charge on any atom is -0.497 e. The first-order valence-electron chi connectivity index (χ1n) is 13.4. The van der Waals surface area contributed by atoms with Crippen LogP contribution in [0, 0.1) is 0 Å². The summed E-state index contributed by atoms with van der Waals surface area (Å²) in [5, 5.41) is 3.17. The lowest BCUT2D eigenvalue weighted by Gasteiger charge is -2.33. The summed E-state index contributed by atoms with van der Waals surface area (Å²) in [4.78, 5) is 28.5. The molecule has 41 heavy (non-hydrogen) atoms. The Morgan fingerprint density at radius 2 is 1.51 bits per heavy atom. The molecule has 0 radical (unpaired) electrons. The number of rotatable bonds is 14. The van der Waals surface area contributed by atoms with E-state index in [2.05, 4.69) is 5.32 Å². The quantitative estimate of drug-likeness (QED) is 0.282. The van der Waals surface area contributed by atoms with Gasteiger partial charge in [0, 0.05) is 18.1 Å². The van der Waals surface area contributed by atoms with Gasteiger partial charge >= 0.3 is 0 Å². The molecule has 3 aromatic carbocycles. The molecular formula is C30H36ClN3O6S. The largest absolute Gasteiger partial charge is 0.497 e. The summed E-state index contributed by atoms with van der Waals surface area (Å²) in [6.45, 7) is 5.85. The number of nitrogens with zero attached hydrogens (tertiary/aromatic N) is 2. The van der Waals surface area contributed by atoms with Crippen LogP contribution in [-0.4, -0.2) is 58.0 Å². The van der Waals surface area contributed by atoms with E-state index in [1.165, 1.54) is 29.2 Å². The van der Waals surface area contributed by atoms with Crippen molar-refractivity contribution >= 4 is 39.1 Å². The lowest BCUT2D eigenvalue weighted by molar-refractivity contribution is -0.140. The highest BCUT2D eigenvalue weighted by Gasteiger charge is 2.33. The molecule has 0 unspecified atom stereocenters. The highest BCUT2D eigenvalue weighted by molar-refractivity contribution is 7.92. The summed E-state index contributed by atoms with van der Waals surface area (Å²) in [5.41, 5.74) is 1.03. The third-order valence-electron chi connectivity index (χ3n) is 6.37. The maximum absolute atomic E-state index is 14.0. The number of benzene rings is 3. The van der Waals surface area contributed by atoms with E-state index in [1.54, 1.807) is 62.6 Å². The van der Waals surface area contributed by atoms with Crippen molar-refractivity contribution in [3.8, 4) is 11.5 Å². The summed E-state index contributed by atoms with van der Waals surface area (Å²) in [6, 6.07) is 18.5. The van der Waals surface area contributed by atoms with Gasteiger partial charge in [-0.2, -0.15) is 0 Å². The Kier molecular flexibility index (Phi) is 11.4. The Labute approximate surface area is 247 Å². The zero-order chi connectivity index (χ0) is 30.0. The smallest absolute Gasteiger partial charge is 0.264 e. The SMILES string of the molecule is CCNC(=O)[C@H](CC)N(Cc1ccc(OC)cc1)C(=O)CN(c1ccc(OCC)cc1)S(=O)(=O)c1ccc(Cl)cc1. The number of hydrogen-bond donors (Lipinski definition) is 1. The first-order chi connectivity index (χ1) is 19.6. The summed E-state index contributed by atoms with van der Waals surface area (Å²) in [5.74, 6) is 0.364. The van der Waals surface area contributed by atoms with E-state index in [9.17, 15) is 18.0 Å². The fraction of sp³-hybridized carbons (Fsp3) is 0.333. The van der Waals surface area contributed by atoms with Crippen LogP contribution in [0.5, 0.6) is 11.5 Å². The number of likely N-dealkylation sites (N-methyl/N-ethyl adjacent to an activating group) is 1. The van der Waals surface area contributed by atoms with Crippen LogP contribution in [0.3, 0.4) is 0 Å². The van der Waals surface area contributed by atoms with Gasteiger partial charge in [0.25, 0.3) is 10.0 Å². The molecule has 2 amide bonds. The summed E-state index contributed by atoms with van der Waals surface area (Å²) in [6.07, 6.45) is 0.334. The normalized spacial score (nSPS) is 11.8. The first-order valence-corrected chi connectivity index (χ1v) is 15.2. The van der Waals surface area contributed by atoms with Crippen LogP contribution in [-0.2, 0) is 26.2 Å². The average molecular weight is 602 g/mol. The molecule has 0 saturated carbocycles. The standard InChI is InChI=1S/C30H36ClN3O6S/c1-5-28(30(36)32-6-2)33(20-22-8-14-25(39-4)15-9-22)29(35)21-34(24-12-16-26(17-13-24)40-7-3)41(37,38)27-18-10-23(31)11-19-27/h8-19,28H,5-7,20-21H2,1-4H3,(H,32,36)/t28-/m0/s1. The number of methoxy groups -OCH3 is 1. The van der Waals surface area contributed by atoms with E-state index in [1.807, 2.05) is 13.8 Å². The molecule has 1 N–H and O–H groups in total. The summed E-state index contributed by atoms with van der Waals surface area (Å²) in [7, 11) is -2.64. The van der Waals surface area contributed by atoms with Crippen LogP contribution in [0.2, 0.25) is 5.02 Å². The number of carbonyl (C=O) groups is 2. The Morgan fingerprint density at radius 3 is 2.05 bits per heavy atom. The van der Waals surface area contributed by atoms with Gasteiger partial charge in [-0.1, -0.05) is 30.7 Å². The molecule has 0 aliphatic heterocycles. The fourth-order valence-corrected chi connectivity index (χ4v) is 5.82. The molecule has 11 heteroatoms. The second kappa shape index (κ2) is 14.7. The number of amides is 2. The van der Waals surface area contributed by atoms with Gasteiger partial charge in [-0.15, -0.1) is 0 Å². The van der Waals surface area contributed by atoms with Crippen molar-refractivity contribution in [2.45, 2.75) is 44.7 Å². The van der Waals surface area contributed by atoms with Crippen LogP contribution in [0.1, 0.15) is 32.8 Å². The third-order valence-corrected chi connectivity index (χ3v) is 8.41. The average Bonchev–Trinajstić information content (AvgIpc) is 2.97. The Balaban J connectivity index is 2.05. The van der Waals surface area contributed by atoms with E-state index in [0.717, 1.165) is 9.87 Å². The van der Waals surface area contributed by atoms with E-state index in [4.69, 9.17) is 21.1 Å². The van der Waals surface area contributed by atoms with E-state index in [0.29, 0.717) is 36.1 Å². The highest BCUT2D eigenvalue weighted by atomic mass is 35.5. The molecule has 3 aromatic rings. The van der Waals surface area contributed by atoms with Crippen LogP contribution in [0.25, 0.3) is 0 Å². The Hall–Kier alpha value is -3.76. The summed E-state index contributed by atoms with van der Waals surface area (Å²) >= 11 is 6.00. The van der Waals surface area contributed by atoms with Gasteiger partial charge in [0.2, 0.25) is 11.8 Å². The maximum Gasteiger partial charge on any atom is 0.264 e. The van der Waals surface area contributed by atoms with Crippen LogP contribution in [0.15, 0.2) is 77.7 Å². The van der Waals surface area contributed by atoms with Gasteiger partial charge in [-0.3, -0.25) is 13.9 Å². The van der Waals surface area contributed by atoms with Gasteiger partial charge < -0.3 is 19.7 Å². The maximum atomic E-state index is 14.0. The lowest BCUT2D eigenvalue weighted by atomic mass is 10.1. The van der Waals surface area contributed by atoms with Crippen LogP contribution in [0.4, 0.5) is 5.69 Å². The number of sulfonamides is 1. The number of carbonyl (C=O) groups excluding carboxylic acids is 2. The molecule has 0 saturated heterocycles. The molecule has 0 heterocycles. The van der Waals surface area contributed by atoms with Crippen molar-refractivity contribution < 1.29 is 27.5 Å². The highest BCUT2D eigenvalue weighted by Crippen LogP contribution is 2.27. The van der Waals surface area contributed by atoms with E-state index >= 15 is 0 Å². The van der Waals surface area contributed by atoms with Crippen molar-refractivity contribution in [1.29, 1.82) is 0 Å². The molecule has 3 rings (SSSR count). The number of halogens is 1. The molecule has 0 spiro atoms. The zero-order valence-electron chi connectivity index (χ0n) is 23.7. The predicted octanol–water partition coefficient (Wildman–Crippen LogP) is 4.89. The third kappa shape index (κ3) is 8.14. The molecule has 0 aliphatic rings. The topological polar surface area (TPSA) is 105 Å². The predicted molar refractivity (Wildman–Crippen MR) is 160 cm³/mol. The fourth-order valence-electron chi connectivity index (χ4n) is 4.28. The minimum absolute atomic E-state index is 0.0268. The van der Waals surface area contributed by atoms with Gasteiger partial charge in [-0.05, 0) is 86.5 Å². The number of anilines is 1. The minimum atomic E-state index is -4.20. The Morgan fingerprint density at radius 1 is 0.902 bits per heavy atom. The molecule has 9 nitrogen and oxygen atoms in total. The second-order valence-electron chi connectivity index (χ2n) is 9.08. The van der Waals surface area contributed by atoms with Gasteiger partial charge in [0.15, 0.2) is 0 Å². The summed E-state index contributed by atoms with van der Waals surface area (Å²) < 4.78 is 39.6. The monoisotopic (exact) mass is 601 g/mol. The van der Waals surface area contributed by atoms with Gasteiger partial charge in [0.1, 0.15) is 24.1 Å². The molecule has 0 aliphatic carbocycles.